The van der Waals surface area contributed by atoms with Gasteiger partial charge < -0.3 is 14.7 Å². The van der Waals surface area contributed by atoms with Gasteiger partial charge in [-0.1, -0.05) is 68.4 Å². The molecule has 2 heterocycles. The van der Waals surface area contributed by atoms with Crippen LogP contribution in [0, 0.1) is 5.92 Å². The van der Waals surface area contributed by atoms with Crippen molar-refractivity contribution in [3.05, 3.63) is 107 Å². The van der Waals surface area contributed by atoms with Crippen molar-refractivity contribution in [1.29, 1.82) is 0 Å². The highest BCUT2D eigenvalue weighted by atomic mass is 19.4. The van der Waals surface area contributed by atoms with Crippen molar-refractivity contribution in [2.75, 3.05) is 19.6 Å². The SMILES string of the molecule is CC(C)CN(C(=O)C=Cc1ccc(C(F)(F)F)cc1)[C@H]1CC[C@@]2(O)[C@H]3Cc4cccc5c4[C@@]2(CCN3CCc2ccccc2)[C@H]1O5. The maximum absolute atomic E-state index is 14.0. The van der Waals surface area contributed by atoms with Crippen LogP contribution in [-0.4, -0.2) is 64.2 Å². The Balaban J connectivity index is 1.19. The van der Waals surface area contributed by atoms with E-state index in [1.165, 1.54) is 29.3 Å². The first kappa shape index (κ1) is 31.0. The third-order valence-corrected chi connectivity index (χ3v) is 10.9. The standard InChI is InChI=1S/C38H41F3N2O3/c1-25(2)24-43(33(44)16-13-27-11-14-29(15-12-27)38(39,40)41)30-17-19-37(45)32-23-28-9-6-10-31-34(28)36(37,35(30)46-31)20-22-42(32)21-18-26-7-4-3-5-8-26/h3-16,25,30,32,35,45H,17-24H2,1-2H3/t30-,32+,35-,36-,37+/m0/s1. The normalized spacial score (nSPS) is 28.3. The quantitative estimate of drug-likeness (QED) is 0.283. The van der Waals surface area contributed by atoms with Crippen molar-refractivity contribution in [2.45, 2.75) is 81.3 Å². The molecule has 1 spiro atoms. The second-order valence-corrected chi connectivity index (χ2v) is 13.9. The van der Waals surface area contributed by atoms with Gasteiger partial charge in [0, 0.05) is 30.8 Å². The Morgan fingerprint density at radius 2 is 1.83 bits per heavy atom. The number of nitrogens with zero attached hydrogens (tertiary/aromatic N) is 2. The molecule has 3 aromatic rings. The van der Waals surface area contributed by atoms with E-state index in [1.54, 1.807) is 6.08 Å². The zero-order chi connectivity index (χ0) is 32.3. The molecule has 2 aliphatic carbocycles. The van der Waals surface area contributed by atoms with Gasteiger partial charge in [0.05, 0.1) is 22.6 Å². The summed E-state index contributed by atoms with van der Waals surface area (Å²) in [4.78, 5) is 18.3. The summed E-state index contributed by atoms with van der Waals surface area (Å²) in [5, 5.41) is 12.9. The van der Waals surface area contributed by atoms with Gasteiger partial charge in [-0.2, -0.15) is 13.2 Å². The number of rotatable bonds is 8. The molecule has 4 aliphatic rings. The number of amides is 1. The van der Waals surface area contributed by atoms with Crippen molar-refractivity contribution >= 4 is 12.0 Å². The summed E-state index contributed by atoms with van der Waals surface area (Å²) in [5.74, 6) is 0.800. The maximum atomic E-state index is 14.0. The molecule has 1 saturated heterocycles. The fourth-order valence-electron chi connectivity index (χ4n) is 8.91. The molecule has 1 amide bonds. The zero-order valence-corrected chi connectivity index (χ0v) is 26.3. The molecule has 5 nitrogen and oxygen atoms in total. The predicted octanol–water partition coefficient (Wildman–Crippen LogP) is 6.67. The van der Waals surface area contributed by atoms with E-state index in [-0.39, 0.29) is 23.9 Å². The summed E-state index contributed by atoms with van der Waals surface area (Å²) in [6.07, 6.45) is 1.81. The summed E-state index contributed by atoms with van der Waals surface area (Å²) in [7, 11) is 0. The second-order valence-electron chi connectivity index (χ2n) is 13.9. The Kier molecular flexibility index (Phi) is 7.80. The van der Waals surface area contributed by atoms with Gasteiger partial charge in [-0.15, -0.1) is 0 Å². The van der Waals surface area contributed by atoms with Gasteiger partial charge in [-0.05, 0) is 85.5 Å². The number of alkyl halides is 3. The molecule has 2 aliphatic heterocycles. The van der Waals surface area contributed by atoms with Gasteiger partial charge in [0.2, 0.25) is 5.91 Å². The molecule has 7 rings (SSSR count). The van der Waals surface area contributed by atoms with Crippen LogP contribution in [0.3, 0.4) is 0 Å². The van der Waals surface area contributed by atoms with Gasteiger partial charge in [0.15, 0.2) is 0 Å². The number of ether oxygens (including phenoxy) is 1. The predicted molar refractivity (Wildman–Crippen MR) is 171 cm³/mol. The first-order valence-corrected chi connectivity index (χ1v) is 16.5. The molecule has 2 bridgehead atoms. The summed E-state index contributed by atoms with van der Waals surface area (Å²) in [6, 6.07) is 21.2. The van der Waals surface area contributed by atoms with Crippen LogP contribution in [0.2, 0.25) is 0 Å². The van der Waals surface area contributed by atoms with E-state index in [0.717, 1.165) is 55.8 Å². The fourth-order valence-corrected chi connectivity index (χ4v) is 8.91. The molecule has 1 saturated carbocycles. The summed E-state index contributed by atoms with van der Waals surface area (Å²) in [5.41, 5.74) is 1.82. The topological polar surface area (TPSA) is 53.0 Å². The highest BCUT2D eigenvalue weighted by Gasteiger charge is 2.73. The van der Waals surface area contributed by atoms with Gasteiger partial charge in [0.1, 0.15) is 11.9 Å². The minimum atomic E-state index is -4.41. The maximum Gasteiger partial charge on any atom is 0.416 e. The monoisotopic (exact) mass is 630 g/mol. The number of aliphatic hydroxyl groups is 1. The van der Waals surface area contributed by atoms with E-state index in [9.17, 15) is 23.1 Å². The van der Waals surface area contributed by atoms with Crippen LogP contribution in [-0.2, 0) is 29.2 Å². The number of piperidine rings is 1. The first-order chi connectivity index (χ1) is 22.0. The average molecular weight is 631 g/mol. The minimum Gasteiger partial charge on any atom is -0.487 e. The van der Waals surface area contributed by atoms with Crippen molar-refractivity contribution in [3.63, 3.8) is 0 Å². The van der Waals surface area contributed by atoms with Gasteiger partial charge in [-0.25, -0.2) is 0 Å². The number of carbonyl (C=O) groups is 1. The van der Waals surface area contributed by atoms with Crippen LogP contribution in [0.1, 0.15) is 60.9 Å². The number of halogens is 3. The Hall–Kier alpha value is -3.62. The Bertz CT molecular complexity index is 1620. The number of hydrogen-bond acceptors (Lipinski definition) is 4. The third kappa shape index (κ3) is 5.05. The molecular formula is C38H41F3N2O3. The van der Waals surface area contributed by atoms with Gasteiger partial charge in [-0.3, -0.25) is 9.69 Å². The average Bonchev–Trinajstić information content (AvgIpc) is 3.37. The molecule has 46 heavy (non-hydrogen) atoms. The Labute approximate surface area is 268 Å². The highest BCUT2D eigenvalue weighted by molar-refractivity contribution is 5.92. The molecule has 5 atom stereocenters. The molecule has 1 N–H and O–H groups in total. The van der Waals surface area contributed by atoms with Crippen molar-refractivity contribution < 1.29 is 27.8 Å². The van der Waals surface area contributed by atoms with Crippen LogP contribution >= 0.6 is 0 Å². The minimum absolute atomic E-state index is 0.0494. The van der Waals surface area contributed by atoms with Crippen LogP contribution in [0.25, 0.3) is 6.08 Å². The lowest BCUT2D eigenvalue weighted by Gasteiger charge is -2.65. The Morgan fingerprint density at radius 3 is 2.54 bits per heavy atom. The lowest BCUT2D eigenvalue weighted by Crippen LogP contribution is -2.78. The summed E-state index contributed by atoms with van der Waals surface area (Å²) >= 11 is 0. The van der Waals surface area contributed by atoms with Crippen molar-refractivity contribution in [2.24, 2.45) is 5.92 Å². The molecule has 0 unspecified atom stereocenters. The number of hydrogen-bond donors (Lipinski definition) is 1. The van der Waals surface area contributed by atoms with E-state index >= 15 is 0 Å². The second kappa shape index (κ2) is 11.6. The van der Waals surface area contributed by atoms with Crippen molar-refractivity contribution in [1.82, 2.24) is 9.80 Å². The Morgan fingerprint density at radius 1 is 1.07 bits per heavy atom. The third-order valence-electron chi connectivity index (χ3n) is 10.9. The molecule has 2 fully saturated rings. The van der Waals surface area contributed by atoms with Crippen LogP contribution in [0.5, 0.6) is 5.75 Å². The molecule has 3 aromatic carbocycles. The van der Waals surface area contributed by atoms with Gasteiger partial charge in [0.25, 0.3) is 0 Å². The molecule has 242 valence electrons. The number of benzene rings is 3. The van der Waals surface area contributed by atoms with Crippen LogP contribution in [0.15, 0.2) is 78.9 Å². The lowest BCUT2D eigenvalue weighted by atomic mass is 9.48. The molecule has 8 heteroatoms. The van der Waals surface area contributed by atoms with Crippen LogP contribution < -0.4 is 4.74 Å². The largest absolute Gasteiger partial charge is 0.487 e. The lowest BCUT2D eigenvalue weighted by molar-refractivity contribution is -0.201. The molecule has 0 aromatic heterocycles. The highest BCUT2D eigenvalue weighted by Crippen LogP contribution is 2.64. The van der Waals surface area contributed by atoms with Crippen LogP contribution in [0.4, 0.5) is 13.2 Å². The van der Waals surface area contributed by atoms with E-state index < -0.39 is 28.9 Å². The number of carbonyl (C=O) groups excluding carboxylic acids is 1. The fraction of sp³-hybridized carbons (Fsp3) is 0.447. The van der Waals surface area contributed by atoms with Gasteiger partial charge >= 0.3 is 6.18 Å². The van der Waals surface area contributed by atoms with Crippen molar-refractivity contribution in [3.8, 4) is 5.75 Å². The summed E-state index contributed by atoms with van der Waals surface area (Å²) < 4.78 is 46.0. The van der Waals surface area contributed by atoms with E-state index in [4.69, 9.17) is 4.74 Å². The molecular weight excluding hydrogens is 589 g/mol. The smallest absolute Gasteiger partial charge is 0.416 e. The first-order valence-electron chi connectivity index (χ1n) is 16.5. The zero-order valence-electron chi connectivity index (χ0n) is 26.3. The van der Waals surface area contributed by atoms with E-state index in [2.05, 4.69) is 49.1 Å². The van der Waals surface area contributed by atoms with E-state index in [0.29, 0.717) is 24.9 Å². The number of likely N-dealkylation sites (tertiary alicyclic amines) is 1. The summed E-state index contributed by atoms with van der Waals surface area (Å²) in [6.45, 7) is 6.35. The molecule has 0 radical (unpaired) electrons. The van der Waals surface area contributed by atoms with E-state index in [1.807, 2.05) is 23.1 Å².